The van der Waals surface area contributed by atoms with E-state index in [0.717, 1.165) is 18.5 Å². The van der Waals surface area contributed by atoms with E-state index in [9.17, 15) is 13.6 Å². The van der Waals surface area contributed by atoms with E-state index in [1.54, 1.807) is 20.0 Å². The van der Waals surface area contributed by atoms with Gasteiger partial charge in [0.15, 0.2) is 18.0 Å². The van der Waals surface area contributed by atoms with Crippen molar-refractivity contribution < 1.29 is 32.2 Å². The molecule has 186 valence electrons. The van der Waals surface area contributed by atoms with Crippen LogP contribution in [0.3, 0.4) is 0 Å². The maximum absolute atomic E-state index is 15.6. The van der Waals surface area contributed by atoms with Gasteiger partial charge in [-0.3, -0.25) is 4.79 Å². The Morgan fingerprint density at radius 3 is 2.69 bits per heavy atom. The van der Waals surface area contributed by atoms with Crippen LogP contribution in [-0.4, -0.2) is 51.6 Å². The summed E-state index contributed by atoms with van der Waals surface area (Å²) in [6.45, 7) is 5.21. The first-order valence-corrected chi connectivity index (χ1v) is 11.3. The third kappa shape index (κ3) is 4.29. The van der Waals surface area contributed by atoms with E-state index in [4.69, 9.17) is 14.2 Å². The van der Waals surface area contributed by atoms with E-state index in [1.165, 1.54) is 28.8 Å². The molecule has 0 aromatic carbocycles. The smallest absolute Gasteiger partial charge is 0.274 e. The van der Waals surface area contributed by atoms with Gasteiger partial charge in [-0.05, 0) is 39.7 Å². The van der Waals surface area contributed by atoms with Crippen LogP contribution in [0.15, 0.2) is 30.6 Å². The van der Waals surface area contributed by atoms with Crippen molar-refractivity contribution >= 4 is 17.2 Å². The Morgan fingerprint density at radius 2 is 2.03 bits per heavy atom. The first-order chi connectivity index (χ1) is 16.6. The van der Waals surface area contributed by atoms with Gasteiger partial charge in [-0.2, -0.15) is 4.39 Å². The summed E-state index contributed by atoms with van der Waals surface area (Å²) in [7, 11) is 0. The molecule has 0 atom stereocenters. The zero-order valence-corrected chi connectivity index (χ0v) is 19.5. The lowest BCUT2D eigenvalue weighted by molar-refractivity contribution is 0.0154. The van der Waals surface area contributed by atoms with Gasteiger partial charge in [-0.25, -0.2) is 18.7 Å². The van der Waals surface area contributed by atoms with Crippen molar-refractivity contribution in [2.75, 3.05) is 18.5 Å². The number of amides is 1. The van der Waals surface area contributed by atoms with Crippen molar-refractivity contribution in [1.29, 1.82) is 0 Å². The normalized spacial score (nSPS) is 23.1. The molecule has 1 saturated carbocycles. The minimum atomic E-state index is -2.68. The lowest BCUT2D eigenvalue weighted by atomic mass is 9.62. The molecule has 0 radical (unpaired) electrons. The molecule has 1 N–H and O–H groups in total. The molecule has 6 rings (SSSR count). The van der Waals surface area contributed by atoms with Crippen molar-refractivity contribution in [2.45, 2.75) is 57.2 Å². The highest BCUT2D eigenvalue weighted by Gasteiger charge is 2.61. The number of alkyl halides is 2. The standard InChI is InChI=1S/C24H25F3N4O4/c1-13(2)35-20-15(29-22(32)14-5-4-6-18(28-14)33-9-17(25)26)7-31-8-16(30-21(31)19(20)27)24-10-23(3,11-24)34-12-24/h4-8,13,17H,9-12H2,1-3H3,(H,29,32). The third-order valence-electron chi connectivity index (χ3n) is 6.22. The van der Waals surface area contributed by atoms with Crippen LogP contribution < -0.4 is 14.8 Å². The first kappa shape index (κ1) is 23.4. The minimum Gasteiger partial charge on any atom is -0.486 e. The molecule has 3 fully saturated rings. The van der Waals surface area contributed by atoms with Gasteiger partial charge < -0.3 is 23.9 Å². The first-order valence-electron chi connectivity index (χ1n) is 11.3. The molecule has 11 heteroatoms. The number of fused-ring (bicyclic) bond motifs is 2. The summed E-state index contributed by atoms with van der Waals surface area (Å²) >= 11 is 0. The molecule has 2 bridgehead atoms. The summed E-state index contributed by atoms with van der Waals surface area (Å²) in [6.07, 6.45) is 1.87. The van der Waals surface area contributed by atoms with Crippen LogP contribution in [0.2, 0.25) is 0 Å². The molecule has 3 aromatic rings. The Labute approximate surface area is 199 Å². The molecule has 3 aromatic heterocycles. The van der Waals surface area contributed by atoms with Gasteiger partial charge in [-0.1, -0.05) is 6.07 Å². The highest BCUT2D eigenvalue weighted by molar-refractivity contribution is 6.03. The van der Waals surface area contributed by atoms with Crippen molar-refractivity contribution in [2.24, 2.45) is 0 Å². The van der Waals surface area contributed by atoms with E-state index in [0.29, 0.717) is 6.61 Å². The Kier molecular flexibility index (Phi) is 5.62. The molecular weight excluding hydrogens is 465 g/mol. The van der Waals surface area contributed by atoms with Gasteiger partial charge in [0.1, 0.15) is 11.4 Å². The molecule has 2 saturated heterocycles. The van der Waals surface area contributed by atoms with Crippen LogP contribution in [0.25, 0.3) is 5.65 Å². The molecule has 8 nitrogen and oxygen atoms in total. The van der Waals surface area contributed by atoms with Crippen molar-refractivity contribution in [3.63, 3.8) is 0 Å². The Morgan fingerprint density at radius 1 is 1.26 bits per heavy atom. The Bertz CT molecular complexity index is 1290. The molecule has 5 heterocycles. The highest BCUT2D eigenvalue weighted by atomic mass is 19.3. The average Bonchev–Trinajstić information content (AvgIpc) is 3.46. The third-order valence-corrected chi connectivity index (χ3v) is 6.22. The summed E-state index contributed by atoms with van der Waals surface area (Å²) in [5, 5.41) is 2.62. The van der Waals surface area contributed by atoms with Crippen LogP contribution in [0.5, 0.6) is 11.6 Å². The number of hydrogen-bond donors (Lipinski definition) is 1. The predicted octanol–water partition coefficient (Wildman–Crippen LogP) is 4.37. The van der Waals surface area contributed by atoms with Gasteiger partial charge in [-0.15, -0.1) is 0 Å². The fourth-order valence-corrected chi connectivity index (χ4v) is 4.88. The van der Waals surface area contributed by atoms with Gasteiger partial charge in [0.05, 0.1) is 24.0 Å². The Balaban J connectivity index is 1.47. The molecular formula is C24H25F3N4O4. The van der Waals surface area contributed by atoms with Gasteiger partial charge in [0, 0.05) is 23.9 Å². The highest BCUT2D eigenvalue weighted by Crippen LogP contribution is 2.58. The van der Waals surface area contributed by atoms with E-state index in [1.807, 2.05) is 0 Å². The largest absolute Gasteiger partial charge is 0.486 e. The molecule has 0 spiro atoms. The number of anilines is 1. The lowest BCUT2D eigenvalue weighted by Gasteiger charge is -2.41. The fourth-order valence-electron chi connectivity index (χ4n) is 4.88. The summed E-state index contributed by atoms with van der Waals surface area (Å²) in [6, 6.07) is 4.21. The van der Waals surface area contributed by atoms with E-state index in [2.05, 4.69) is 22.2 Å². The van der Waals surface area contributed by atoms with E-state index >= 15 is 4.39 Å². The zero-order chi connectivity index (χ0) is 25.0. The second kappa shape index (κ2) is 8.40. The number of carbonyl (C=O) groups excluding carboxylic acids is 1. The van der Waals surface area contributed by atoms with Crippen molar-refractivity contribution in [3.05, 3.63) is 47.8 Å². The van der Waals surface area contributed by atoms with Crippen LogP contribution >= 0.6 is 0 Å². The molecule has 2 aliphatic heterocycles. The maximum atomic E-state index is 15.6. The minimum absolute atomic E-state index is 0.0805. The van der Waals surface area contributed by atoms with Gasteiger partial charge in [0.2, 0.25) is 11.7 Å². The molecule has 35 heavy (non-hydrogen) atoms. The molecule has 0 unspecified atom stereocenters. The number of nitrogens with zero attached hydrogens (tertiary/aromatic N) is 3. The summed E-state index contributed by atoms with van der Waals surface area (Å²) in [5.41, 5.74) is 0.421. The topological polar surface area (TPSA) is 87.0 Å². The van der Waals surface area contributed by atoms with Crippen LogP contribution in [0.4, 0.5) is 18.9 Å². The van der Waals surface area contributed by atoms with E-state index < -0.39 is 24.8 Å². The number of hydrogen-bond acceptors (Lipinski definition) is 6. The number of rotatable bonds is 8. The van der Waals surface area contributed by atoms with E-state index in [-0.39, 0.29) is 45.8 Å². The second-order valence-corrected chi connectivity index (χ2v) is 9.60. The van der Waals surface area contributed by atoms with Crippen molar-refractivity contribution in [1.82, 2.24) is 14.4 Å². The van der Waals surface area contributed by atoms with Gasteiger partial charge in [0.25, 0.3) is 12.3 Å². The summed E-state index contributed by atoms with van der Waals surface area (Å²) in [4.78, 5) is 21.4. The number of pyridine rings is 2. The number of aromatic nitrogens is 3. The number of nitrogens with one attached hydrogen (secondary N) is 1. The Hall–Kier alpha value is -3.34. The summed E-state index contributed by atoms with van der Waals surface area (Å²) < 4.78 is 58.4. The number of ether oxygens (including phenoxy) is 3. The average molecular weight is 490 g/mol. The van der Waals surface area contributed by atoms with Crippen LogP contribution in [0.1, 0.15) is 49.8 Å². The maximum Gasteiger partial charge on any atom is 0.274 e. The van der Waals surface area contributed by atoms with Crippen LogP contribution in [0, 0.1) is 5.82 Å². The number of carbonyl (C=O) groups is 1. The SMILES string of the molecule is CC(C)Oc1c(NC(=O)c2cccc(OCC(F)F)n2)cn2cc(C34COC(C)(C3)C4)nc2c1F. The summed E-state index contributed by atoms with van der Waals surface area (Å²) in [5.74, 6) is -1.66. The predicted molar refractivity (Wildman–Crippen MR) is 120 cm³/mol. The fraction of sp³-hybridized carbons (Fsp3) is 0.458. The number of halogens is 3. The quantitative estimate of drug-likeness (QED) is 0.505. The van der Waals surface area contributed by atoms with Gasteiger partial charge >= 0.3 is 0 Å². The zero-order valence-electron chi connectivity index (χ0n) is 19.5. The van der Waals surface area contributed by atoms with Crippen molar-refractivity contribution in [3.8, 4) is 11.6 Å². The lowest BCUT2D eigenvalue weighted by Crippen LogP contribution is -2.45. The monoisotopic (exact) mass is 490 g/mol. The molecule has 1 aliphatic carbocycles. The number of imidazole rings is 1. The second-order valence-electron chi connectivity index (χ2n) is 9.60. The molecule has 1 amide bonds. The van der Waals surface area contributed by atoms with Crippen LogP contribution in [-0.2, 0) is 10.2 Å². The molecule has 3 aliphatic rings.